The summed E-state index contributed by atoms with van der Waals surface area (Å²) in [7, 11) is 0. The van der Waals surface area contributed by atoms with Crippen molar-refractivity contribution >= 4 is 46.9 Å². The Labute approximate surface area is 253 Å². The summed E-state index contributed by atoms with van der Waals surface area (Å²) < 4.78 is 15.6. The average Bonchev–Trinajstić information content (AvgIpc) is 3.13. The van der Waals surface area contributed by atoms with Gasteiger partial charge in [0, 0.05) is 45.2 Å². The van der Waals surface area contributed by atoms with E-state index < -0.39 is 23.7 Å². The molecule has 0 atom stereocenters. The number of nitrogens with one attached hydrogen (secondary N) is 2. The van der Waals surface area contributed by atoms with Crippen LogP contribution in [-0.4, -0.2) is 98.5 Å². The van der Waals surface area contributed by atoms with E-state index in [0.29, 0.717) is 36.8 Å². The van der Waals surface area contributed by atoms with Crippen LogP contribution in [0.15, 0.2) is 42.5 Å². The summed E-state index contributed by atoms with van der Waals surface area (Å²) in [6, 6.07) is 11.5. The number of carbonyl (C=O) groups is 5. The van der Waals surface area contributed by atoms with Crippen molar-refractivity contribution in [2.24, 2.45) is 0 Å². The molecule has 2 heterocycles. The van der Waals surface area contributed by atoms with Gasteiger partial charge < -0.3 is 19.1 Å². The maximum absolute atomic E-state index is 13.6. The summed E-state index contributed by atoms with van der Waals surface area (Å²) >= 11 is 6.43. The quantitative estimate of drug-likeness (QED) is 0.228. The van der Waals surface area contributed by atoms with Crippen LogP contribution in [0.1, 0.15) is 29.3 Å². The molecule has 0 radical (unpaired) electrons. The highest BCUT2D eigenvalue weighted by molar-refractivity contribution is 6.34. The molecule has 1 fully saturated rings. The second-order valence-corrected chi connectivity index (χ2v) is 10.3. The molecule has 2 aliphatic heterocycles. The van der Waals surface area contributed by atoms with Gasteiger partial charge in [0.1, 0.15) is 32.1 Å². The van der Waals surface area contributed by atoms with E-state index in [1.54, 1.807) is 30.3 Å². The van der Waals surface area contributed by atoms with E-state index in [4.69, 9.17) is 25.8 Å². The smallest absolute Gasteiger partial charge is 0.302 e. The highest BCUT2D eigenvalue weighted by Gasteiger charge is 2.31. The highest BCUT2D eigenvalue weighted by Crippen LogP contribution is 2.30. The third-order valence-electron chi connectivity index (χ3n) is 6.80. The maximum atomic E-state index is 13.6. The fraction of sp³-hybridized carbons (Fsp3) is 0.414. The second-order valence-electron chi connectivity index (χ2n) is 9.90. The van der Waals surface area contributed by atoms with Crippen molar-refractivity contribution in [1.29, 1.82) is 0 Å². The average molecular weight is 616 g/mol. The van der Waals surface area contributed by atoms with Crippen molar-refractivity contribution in [2.45, 2.75) is 19.9 Å². The van der Waals surface area contributed by atoms with Crippen molar-refractivity contribution in [3.05, 3.63) is 58.6 Å². The molecule has 0 spiro atoms. The SMILES string of the molecule is CC(=O)OCCOc1ccc(C(=O)N2CC(=O)N(CC(=O)NNC(=O)CCN3CCOCC3)Cc3ccccc32)c(Cl)c1. The molecular weight excluding hydrogens is 582 g/mol. The molecule has 13 nitrogen and oxygen atoms in total. The van der Waals surface area contributed by atoms with E-state index >= 15 is 0 Å². The number of ether oxygens (including phenoxy) is 3. The number of rotatable bonds is 10. The monoisotopic (exact) mass is 615 g/mol. The topological polar surface area (TPSA) is 147 Å². The number of carbonyl (C=O) groups excluding carboxylic acids is 5. The lowest BCUT2D eigenvalue weighted by atomic mass is 10.1. The van der Waals surface area contributed by atoms with Gasteiger partial charge in [-0.15, -0.1) is 0 Å². The summed E-state index contributed by atoms with van der Waals surface area (Å²) in [5.41, 5.74) is 6.09. The molecule has 43 heavy (non-hydrogen) atoms. The summed E-state index contributed by atoms with van der Waals surface area (Å²) in [5.74, 6) is -1.92. The molecule has 1 saturated heterocycles. The third kappa shape index (κ3) is 9.14. The first-order valence-electron chi connectivity index (χ1n) is 13.8. The van der Waals surface area contributed by atoms with E-state index in [1.807, 2.05) is 0 Å². The highest BCUT2D eigenvalue weighted by atomic mass is 35.5. The number of nitrogens with zero attached hydrogens (tertiary/aromatic N) is 3. The van der Waals surface area contributed by atoms with Crippen LogP contribution in [0.4, 0.5) is 5.69 Å². The van der Waals surface area contributed by atoms with Crippen molar-refractivity contribution in [3.8, 4) is 5.75 Å². The number of amides is 4. The zero-order valence-corrected chi connectivity index (χ0v) is 24.6. The lowest BCUT2D eigenvalue weighted by Gasteiger charge is -2.26. The van der Waals surface area contributed by atoms with Crippen LogP contribution in [0.5, 0.6) is 5.75 Å². The number of benzene rings is 2. The van der Waals surface area contributed by atoms with Crippen LogP contribution in [0.2, 0.25) is 5.02 Å². The van der Waals surface area contributed by atoms with Gasteiger partial charge in [0.25, 0.3) is 11.8 Å². The van der Waals surface area contributed by atoms with Crippen LogP contribution in [-0.2, 0) is 35.2 Å². The molecule has 2 aliphatic rings. The molecule has 2 aromatic carbocycles. The molecule has 230 valence electrons. The molecule has 2 N–H and O–H groups in total. The summed E-state index contributed by atoms with van der Waals surface area (Å²) in [6.45, 7) is 4.22. The van der Waals surface area contributed by atoms with Gasteiger partial charge in [-0.25, -0.2) is 0 Å². The number of para-hydroxylation sites is 1. The molecular formula is C29H34ClN5O8. The maximum Gasteiger partial charge on any atom is 0.302 e. The van der Waals surface area contributed by atoms with Gasteiger partial charge in [0.15, 0.2) is 0 Å². The normalized spacial score (nSPS) is 15.3. The zero-order valence-electron chi connectivity index (χ0n) is 23.8. The van der Waals surface area contributed by atoms with Crippen LogP contribution in [0, 0.1) is 0 Å². The molecule has 2 aromatic rings. The second kappa shape index (κ2) is 15.3. The van der Waals surface area contributed by atoms with Gasteiger partial charge in [-0.3, -0.25) is 44.6 Å². The number of morpholine rings is 1. The first-order chi connectivity index (χ1) is 20.7. The summed E-state index contributed by atoms with van der Waals surface area (Å²) in [5, 5.41) is 0.116. The fourth-order valence-corrected chi connectivity index (χ4v) is 4.85. The summed E-state index contributed by atoms with van der Waals surface area (Å²) in [4.78, 5) is 67.4. The number of hydrogen-bond donors (Lipinski definition) is 2. The van der Waals surface area contributed by atoms with E-state index in [-0.39, 0.29) is 55.8 Å². The molecule has 4 amide bonds. The van der Waals surface area contributed by atoms with E-state index in [9.17, 15) is 24.0 Å². The number of hydrazine groups is 1. The van der Waals surface area contributed by atoms with Crippen molar-refractivity contribution in [1.82, 2.24) is 20.7 Å². The number of halogens is 1. The third-order valence-corrected chi connectivity index (χ3v) is 7.11. The first kappa shape index (κ1) is 31.7. The zero-order chi connectivity index (χ0) is 30.8. The van der Waals surface area contributed by atoms with Gasteiger partial charge in [0.05, 0.1) is 23.8 Å². The predicted molar refractivity (Wildman–Crippen MR) is 155 cm³/mol. The summed E-state index contributed by atoms with van der Waals surface area (Å²) in [6.07, 6.45) is 0.206. The fourth-order valence-electron chi connectivity index (χ4n) is 4.60. The minimum Gasteiger partial charge on any atom is -0.490 e. The number of hydrogen-bond acceptors (Lipinski definition) is 9. The minimum atomic E-state index is -0.572. The molecule has 0 unspecified atom stereocenters. The lowest BCUT2D eigenvalue weighted by Crippen LogP contribution is -2.49. The van der Waals surface area contributed by atoms with E-state index in [1.165, 1.54) is 28.9 Å². The molecule has 14 heteroatoms. The molecule has 4 rings (SSSR count). The lowest BCUT2D eigenvalue weighted by molar-refractivity contribution is -0.141. The minimum absolute atomic E-state index is 0.0656. The van der Waals surface area contributed by atoms with E-state index in [0.717, 1.165) is 13.1 Å². The Kier molecular flexibility index (Phi) is 11.3. The Hall–Kier alpha value is -4.20. The van der Waals surface area contributed by atoms with Crippen molar-refractivity contribution in [3.63, 3.8) is 0 Å². The first-order valence-corrected chi connectivity index (χ1v) is 14.2. The van der Waals surface area contributed by atoms with Crippen LogP contribution < -0.4 is 20.5 Å². The molecule has 0 saturated carbocycles. The largest absolute Gasteiger partial charge is 0.490 e. The molecule has 0 aromatic heterocycles. The van der Waals surface area contributed by atoms with Gasteiger partial charge in [-0.05, 0) is 29.8 Å². The van der Waals surface area contributed by atoms with Crippen LogP contribution >= 0.6 is 11.6 Å². The Morgan fingerprint density at radius 2 is 1.72 bits per heavy atom. The van der Waals surface area contributed by atoms with Crippen LogP contribution in [0.25, 0.3) is 0 Å². The van der Waals surface area contributed by atoms with Gasteiger partial charge in [-0.1, -0.05) is 29.8 Å². The Morgan fingerprint density at radius 3 is 2.47 bits per heavy atom. The van der Waals surface area contributed by atoms with Gasteiger partial charge in [-0.2, -0.15) is 0 Å². The van der Waals surface area contributed by atoms with E-state index in [2.05, 4.69) is 15.8 Å². The van der Waals surface area contributed by atoms with Gasteiger partial charge >= 0.3 is 5.97 Å². The Balaban J connectivity index is 1.36. The Bertz CT molecular complexity index is 1350. The standard InChI is InChI=1S/C29H34ClN5O8/c1-20(36)42-14-15-43-22-6-7-23(24(30)16-22)29(40)35-19-28(39)34(17-21-4-2-3-5-25(21)35)18-27(38)32-31-26(37)8-9-33-10-12-41-13-11-33/h2-7,16H,8-15,17-19H2,1H3,(H,31,37)(H,32,38). The van der Waals surface area contributed by atoms with Crippen molar-refractivity contribution in [2.75, 3.05) is 64.1 Å². The molecule has 0 bridgehead atoms. The van der Waals surface area contributed by atoms with Crippen LogP contribution in [0.3, 0.4) is 0 Å². The number of fused-ring (bicyclic) bond motifs is 1. The number of anilines is 1. The van der Waals surface area contributed by atoms with Crippen molar-refractivity contribution < 1.29 is 38.2 Å². The Morgan fingerprint density at radius 1 is 0.977 bits per heavy atom. The molecule has 0 aliphatic carbocycles. The number of esters is 1. The van der Waals surface area contributed by atoms with Gasteiger partial charge in [0.2, 0.25) is 11.8 Å². The predicted octanol–water partition coefficient (Wildman–Crippen LogP) is 1.14.